The molecular weight excluding hydrogens is 381 g/mol. The number of halogens is 3. The Morgan fingerprint density at radius 1 is 1.07 bits per heavy atom. The van der Waals surface area contributed by atoms with Crippen LogP contribution in [0, 0.1) is 0 Å². The van der Waals surface area contributed by atoms with Crippen LogP contribution < -0.4 is 5.73 Å². The Bertz CT molecular complexity index is 1210. The van der Waals surface area contributed by atoms with E-state index in [1.54, 1.807) is 18.5 Å². The van der Waals surface area contributed by atoms with Gasteiger partial charge in [-0.25, -0.2) is 9.67 Å². The average Bonchev–Trinajstić information content (AvgIpc) is 3.12. The Kier molecular flexibility index (Phi) is 4.50. The Morgan fingerprint density at radius 3 is 2.62 bits per heavy atom. The third-order valence-corrected chi connectivity index (χ3v) is 4.39. The van der Waals surface area contributed by atoms with Crippen molar-refractivity contribution in [2.45, 2.75) is 12.7 Å². The number of fused-ring (bicyclic) bond motifs is 1. The number of aliphatic imine (C=N–C) groups is 1. The topological polar surface area (TPSA) is 82.0 Å². The van der Waals surface area contributed by atoms with Crippen molar-refractivity contribution in [3.63, 3.8) is 0 Å². The first-order valence-corrected chi connectivity index (χ1v) is 8.55. The van der Waals surface area contributed by atoms with E-state index < -0.39 is 11.9 Å². The molecule has 6 nitrogen and oxygen atoms in total. The molecule has 2 N–H and O–H groups in total. The van der Waals surface area contributed by atoms with Crippen LogP contribution in [0.4, 0.5) is 18.9 Å². The molecule has 0 fully saturated rings. The normalized spacial score (nSPS) is 11.7. The first-order valence-electron chi connectivity index (χ1n) is 8.55. The maximum Gasteiger partial charge on any atom is 0.433 e. The fourth-order valence-corrected chi connectivity index (χ4v) is 3.11. The van der Waals surface area contributed by atoms with E-state index >= 15 is 0 Å². The Morgan fingerprint density at radius 2 is 1.90 bits per heavy atom. The van der Waals surface area contributed by atoms with Crippen molar-refractivity contribution in [2.24, 2.45) is 4.99 Å². The minimum atomic E-state index is -4.55. The summed E-state index contributed by atoms with van der Waals surface area (Å²) in [6, 6.07) is 9.19. The number of nitrogens with zero attached hydrogens (tertiary/aromatic N) is 5. The highest BCUT2D eigenvalue weighted by molar-refractivity contribution is 5.89. The third kappa shape index (κ3) is 3.54. The molecule has 146 valence electrons. The van der Waals surface area contributed by atoms with E-state index in [0.29, 0.717) is 17.7 Å². The molecule has 0 saturated carbocycles. The van der Waals surface area contributed by atoms with Gasteiger partial charge in [0, 0.05) is 23.3 Å². The van der Waals surface area contributed by atoms with Crippen molar-refractivity contribution in [3.8, 4) is 16.9 Å². The molecule has 0 aliphatic heterocycles. The third-order valence-electron chi connectivity index (χ3n) is 4.39. The lowest BCUT2D eigenvalue weighted by atomic mass is 10.0. The van der Waals surface area contributed by atoms with E-state index in [0.717, 1.165) is 28.1 Å². The fraction of sp³-hybridized carbons (Fsp3) is 0.100. The molecule has 9 heteroatoms. The molecule has 29 heavy (non-hydrogen) atoms. The Labute approximate surface area is 163 Å². The predicted octanol–water partition coefficient (Wildman–Crippen LogP) is 4.28. The molecule has 0 atom stereocenters. The monoisotopic (exact) mass is 396 g/mol. The molecule has 4 rings (SSSR count). The Hall–Kier alpha value is -3.75. The smallest absolute Gasteiger partial charge is 0.397 e. The van der Waals surface area contributed by atoms with Gasteiger partial charge in [-0.2, -0.15) is 18.3 Å². The van der Waals surface area contributed by atoms with Crippen molar-refractivity contribution in [2.75, 3.05) is 5.73 Å². The summed E-state index contributed by atoms with van der Waals surface area (Å²) in [5, 5.41) is 5.02. The molecule has 3 heterocycles. The number of anilines is 1. The van der Waals surface area contributed by atoms with Gasteiger partial charge in [-0.15, -0.1) is 0 Å². The van der Waals surface area contributed by atoms with Gasteiger partial charge in [-0.05, 0) is 48.2 Å². The molecule has 4 aromatic rings. The quantitative estimate of drug-likeness (QED) is 0.522. The van der Waals surface area contributed by atoms with Crippen LogP contribution in [0.15, 0.2) is 60.0 Å². The first kappa shape index (κ1) is 18.6. The molecule has 0 aliphatic carbocycles. The van der Waals surface area contributed by atoms with Gasteiger partial charge < -0.3 is 5.73 Å². The van der Waals surface area contributed by atoms with Crippen molar-refractivity contribution in [1.29, 1.82) is 0 Å². The van der Waals surface area contributed by atoms with Crippen molar-refractivity contribution in [1.82, 2.24) is 19.7 Å². The first-order chi connectivity index (χ1) is 13.9. The van der Waals surface area contributed by atoms with E-state index in [9.17, 15) is 13.2 Å². The number of pyridine rings is 2. The fourth-order valence-electron chi connectivity index (χ4n) is 3.11. The van der Waals surface area contributed by atoms with Crippen molar-refractivity contribution < 1.29 is 13.2 Å². The number of benzene rings is 1. The number of hydrogen-bond acceptors (Lipinski definition) is 5. The zero-order chi connectivity index (χ0) is 20.6. The number of nitrogen functional groups attached to an aromatic ring is 1. The lowest BCUT2D eigenvalue weighted by Crippen LogP contribution is -2.10. The van der Waals surface area contributed by atoms with Crippen LogP contribution in [0.25, 0.3) is 27.8 Å². The second-order valence-corrected chi connectivity index (χ2v) is 6.39. The van der Waals surface area contributed by atoms with Gasteiger partial charge in [-0.3, -0.25) is 9.98 Å². The van der Waals surface area contributed by atoms with Gasteiger partial charge in [0.15, 0.2) is 5.82 Å². The molecular formula is C20H15F3N6. The largest absolute Gasteiger partial charge is 0.433 e. The molecule has 1 aromatic carbocycles. The van der Waals surface area contributed by atoms with Crippen LogP contribution in [0.5, 0.6) is 0 Å². The molecule has 0 unspecified atom stereocenters. The van der Waals surface area contributed by atoms with Gasteiger partial charge in [0.1, 0.15) is 5.69 Å². The lowest BCUT2D eigenvalue weighted by molar-refractivity contribution is -0.141. The van der Waals surface area contributed by atoms with Gasteiger partial charge in [0.2, 0.25) is 0 Å². The lowest BCUT2D eigenvalue weighted by Gasteiger charge is -2.10. The van der Waals surface area contributed by atoms with E-state index in [2.05, 4.69) is 26.8 Å². The minimum absolute atomic E-state index is 0.0650. The minimum Gasteiger partial charge on any atom is -0.397 e. The SMILES string of the molecule is C=NCc1cc(-c2cncc(N)c2)cc2c1cnn2-c1cccc(C(F)(F)F)n1. The van der Waals surface area contributed by atoms with Crippen molar-refractivity contribution in [3.05, 3.63) is 66.2 Å². The average molecular weight is 396 g/mol. The summed E-state index contributed by atoms with van der Waals surface area (Å²) in [5.41, 5.74) is 8.32. The maximum atomic E-state index is 13.1. The van der Waals surface area contributed by atoms with Gasteiger partial charge in [-0.1, -0.05) is 6.07 Å². The molecule has 0 bridgehead atoms. The molecule has 0 radical (unpaired) electrons. The van der Waals surface area contributed by atoms with Crippen molar-refractivity contribution >= 4 is 23.3 Å². The van der Waals surface area contributed by atoms with E-state index in [1.807, 2.05) is 12.1 Å². The highest BCUT2D eigenvalue weighted by Gasteiger charge is 2.32. The standard InChI is InChI=1S/C20H15F3N6/c1-25-8-14-5-12(13-6-15(24)10-26-9-13)7-17-16(14)11-27-29(17)19-4-2-3-18(28-19)20(21,22)23/h2-7,9-11H,1,8,24H2. The molecule has 3 aromatic heterocycles. The summed E-state index contributed by atoms with van der Waals surface area (Å²) in [5.74, 6) is 0.0650. The summed E-state index contributed by atoms with van der Waals surface area (Å²) in [7, 11) is 0. The van der Waals surface area contributed by atoms with Crippen LogP contribution in [-0.2, 0) is 12.7 Å². The van der Waals surface area contributed by atoms with E-state index in [4.69, 9.17) is 5.73 Å². The second kappa shape index (κ2) is 7.01. The van der Waals surface area contributed by atoms with Crippen LogP contribution in [-0.4, -0.2) is 26.5 Å². The molecule has 0 spiro atoms. The van der Waals surface area contributed by atoms with Gasteiger partial charge in [0.25, 0.3) is 0 Å². The number of nitrogens with two attached hydrogens (primary N) is 1. The summed E-state index contributed by atoms with van der Waals surface area (Å²) in [4.78, 5) is 11.8. The number of hydrogen-bond donors (Lipinski definition) is 1. The number of rotatable bonds is 4. The van der Waals surface area contributed by atoms with Crippen LogP contribution in [0.2, 0.25) is 0 Å². The zero-order valence-corrected chi connectivity index (χ0v) is 15.1. The second-order valence-electron chi connectivity index (χ2n) is 6.39. The summed E-state index contributed by atoms with van der Waals surface area (Å²) in [6.45, 7) is 3.86. The van der Waals surface area contributed by atoms with Crippen LogP contribution in [0.3, 0.4) is 0 Å². The number of aromatic nitrogens is 4. The molecule has 0 amide bonds. The van der Waals surface area contributed by atoms with E-state index in [-0.39, 0.29) is 5.82 Å². The Balaban J connectivity index is 1.94. The highest BCUT2D eigenvalue weighted by atomic mass is 19.4. The summed E-state index contributed by atoms with van der Waals surface area (Å²) >= 11 is 0. The zero-order valence-electron chi connectivity index (χ0n) is 15.1. The maximum absolute atomic E-state index is 13.1. The predicted molar refractivity (Wildman–Crippen MR) is 105 cm³/mol. The summed E-state index contributed by atoms with van der Waals surface area (Å²) < 4.78 is 40.6. The highest BCUT2D eigenvalue weighted by Crippen LogP contribution is 2.31. The van der Waals surface area contributed by atoms with Gasteiger partial charge in [0.05, 0.1) is 23.9 Å². The summed E-state index contributed by atoms with van der Waals surface area (Å²) in [6.07, 6.45) is 0.228. The molecule has 0 aliphatic rings. The van der Waals surface area contributed by atoms with Crippen LogP contribution >= 0.6 is 0 Å². The van der Waals surface area contributed by atoms with Crippen LogP contribution in [0.1, 0.15) is 11.3 Å². The van der Waals surface area contributed by atoms with E-state index in [1.165, 1.54) is 23.0 Å². The molecule has 0 saturated heterocycles. The number of alkyl halides is 3. The van der Waals surface area contributed by atoms with Gasteiger partial charge >= 0.3 is 6.18 Å².